The highest BCUT2D eigenvalue weighted by Gasteiger charge is 2.69. The van der Waals surface area contributed by atoms with Gasteiger partial charge in [-0.05, 0) is 47.5 Å². The maximum absolute atomic E-state index is 12.9. The van der Waals surface area contributed by atoms with Crippen LogP contribution >= 0.6 is 0 Å². The van der Waals surface area contributed by atoms with E-state index in [0.717, 1.165) is 12.8 Å². The van der Waals surface area contributed by atoms with Gasteiger partial charge >= 0.3 is 6.09 Å². The summed E-state index contributed by atoms with van der Waals surface area (Å²) >= 11 is 0. The lowest BCUT2D eigenvalue weighted by Crippen LogP contribution is -2.72. The largest absolute Gasteiger partial charge is 0.444 e. The summed E-state index contributed by atoms with van der Waals surface area (Å²) in [6.45, 7) is 9.21. The maximum atomic E-state index is 12.9. The van der Waals surface area contributed by atoms with Gasteiger partial charge < -0.3 is 23.7 Å². The topological polar surface area (TPSA) is 90.2 Å². The molecule has 3 rings (SSSR count). The molecule has 5 unspecified atom stereocenters. The van der Waals surface area contributed by atoms with Crippen LogP contribution in [0.1, 0.15) is 47.5 Å². The van der Waals surface area contributed by atoms with Crippen LogP contribution in [0.25, 0.3) is 0 Å². The third-order valence-electron chi connectivity index (χ3n) is 6.03. The van der Waals surface area contributed by atoms with Gasteiger partial charge in [0.2, 0.25) is 11.6 Å². The van der Waals surface area contributed by atoms with Gasteiger partial charge in [-0.25, -0.2) is 4.79 Å². The quantitative estimate of drug-likeness (QED) is 0.724. The molecule has 8 heteroatoms. The van der Waals surface area contributed by atoms with Crippen molar-refractivity contribution in [3.63, 3.8) is 0 Å². The molecule has 5 atom stereocenters. The summed E-state index contributed by atoms with van der Waals surface area (Å²) < 4.78 is 29.2. The Morgan fingerprint density at radius 2 is 1.70 bits per heavy atom. The predicted molar refractivity (Wildman–Crippen MR) is 94.6 cm³/mol. The van der Waals surface area contributed by atoms with Crippen LogP contribution in [-0.4, -0.2) is 66.7 Å². The number of hydrogen-bond donors (Lipinski definition) is 0. The SMILES string of the molecule is COC1(C)OC2CN(C(=O)OC(C)(C)C)C3(CC3)C(C#N)C2OC1(C)OC. The van der Waals surface area contributed by atoms with Gasteiger partial charge in [-0.1, -0.05) is 0 Å². The standard InChI is InChI=1S/C19H30N2O6/c1-16(2,3)27-15(22)21-11-13-14(12(10-20)19(21)8-9-19)26-18(5,24-7)17(4,23-6)25-13/h12-14H,8-9,11H2,1-7H3. The number of nitriles is 1. The molecule has 1 saturated carbocycles. The van der Waals surface area contributed by atoms with Crippen molar-refractivity contribution in [1.82, 2.24) is 4.90 Å². The van der Waals surface area contributed by atoms with E-state index in [1.165, 1.54) is 14.2 Å². The summed E-state index contributed by atoms with van der Waals surface area (Å²) in [6, 6.07) is 2.36. The molecule has 1 aliphatic carbocycles. The third-order valence-corrected chi connectivity index (χ3v) is 6.03. The second-order valence-corrected chi connectivity index (χ2v) is 8.84. The molecule has 3 fully saturated rings. The minimum atomic E-state index is -1.18. The Morgan fingerprint density at radius 3 is 2.15 bits per heavy atom. The molecule has 3 aliphatic rings. The van der Waals surface area contributed by atoms with Crippen LogP contribution in [0, 0.1) is 17.2 Å². The van der Waals surface area contributed by atoms with Crippen molar-refractivity contribution in [2.24, 2.45) is 5.92 Å². The zero-order valence-electron chi connectivity index (χ0n) is 17.2. The maximum Gasteiger partial charge on any atom is 0.410 e. The first kappa shape index (κ1) is 20.3. The highest BCUT2D eigenvalue weighted by atomic mass is 16.8. The first-order chi connectivity index (χ1) is 12.5. The Labute approximate surface area is 160 Å². The summed E-state index contributed by atoms with van der Waals surface area (Å²) in [5, 5.41) is 9.93. The Bertz CT molecular complexity index is 652. The van der Waals surface area contributed by atoms with Crippen LogP contribution in [0.2, 0.25) is 0 Å². The van der Waals surface area contributed by atoms with Crippen molar-refractivity contribution in [2.45, 2.75) is 82.4 Å². The normalized spacial score (nSPS) is 40.2. The van der Waals surface area contributed by atoms with Gasteiger partial charge in [0.05, 0.1) is 24.1 Å². The number of hydrogen-bond acceptors (Lipinski definition) is 7. The zero-order chi connectivity index (χ0) is 20.3. The van der Waals surface area contributed by atoms with E-state index in [4.69, 9.17) is 23.7 Å². The number of carbonyl (C=O) groups excluding carboxylic acids is 1. The number of fused-ring (bicyclic) bond motifs is 1. The fraction of sp³-hybridized carbons (Fsp3) is 0.895. The van der Waals surface area contributed by atoms with Gasteiger partial charge in [-0.3, -0.25) is 4.90 Å². The van der Waals surface area contributed by atoms with E-state index in [1.54, 1.807) is 18.7 Å². The van der Waals surface area contributed by atoms with E-state index in [2.05, 4.69) is 6.07 Å². The van der Waals surface area contributed by atoms with Gasteiger partial charge in [0.15, 0.2) is 0 Å². The average molecular weight is 382 g/mol. The molecule has 0 radical (unpaired) electrons. The molecular formula is C19H30N2O6. The smallest absolute Gasteiger partial charge is 0.410 e. The number of carbonyl (C=O) groups is 1. The molecule has 2 aliphatic heterocycles. The number of piperidine rings is 1. The van der Waals surface area contributed by atoms with Gasteiger partial charge in [-0.2, -0.15) is 5.26 Å². The van der Waals surface area contributed by atoms with Crippen LogP contribution in [-0.2, 0) is 23.7 Å². The van der Waals surface area contributed by atoms with Crippen molar-refractivity contribution in [3.8, 4) is 6.07 Å². The van der Waals surface area contributed by atoms with Crippen molar-refractivity contribution in [1.29, 1.82) is 5.26 Å². The molecule has 152 valence electrons. The van der Waals surface area contributed by atoms with Crippen molar-refractivity contribution in [3.05, 3.63) is 0 Å². The summed E-state index contributed by atoms with van der Waals surface area (Å²) in [5.41, 5.74) is -1.19. The molecule has 0 aromatic heterocycles. The molecule has 0 aromatic carbocycles. The van der Waals surface area contributed by atoms with E-state index >= 15 is 0 Å². The minimum Gasteiger partial charge on any atom is -0.444 e. The highest BCUT2D eigenvalue weighted by molar-refractivity contribution is 5.70. The van der Waals surface area contributed by atoms with Gasteiger partial charge in [0.25, 0.3) is 0 Å². The van der Waals surface area contributed by atoms with Crippen LogP contribution in [0.3, 0.4) is 0 Å². The summed E-state index contributed by atoms with van der Waals surface area (Å²) in [7, 11) is 3.03. The number of amides is 1. The second-order valence-electron chi connectivity index (χ2n) is 8.84. The van der Waals surface area contributed by atoms with Crippen molar-refractivity contribution >= 4 is 6.09 Å². The van der Waals surface area contributed by atoms with Gasteiger partial charge in [0, 0.05) is 14.2 Å². The summed E-state index contributed by atoms with van der Waals surface area (Å²) in [5.74, 6) is -2.90. The molecule has 0 N–H and O–H groups in total. The van der Waals surface area contributed by atoms with Crippen LogP contribution in [0.15, 0.2) is 0 Å². The molecule has 27 heavy (non-hydrogen) atoms. The highest BCUT2D eigenvalue weighted by Crippen LogP contribution is 2.56. The van der Waals surface area contributed by atoms with E-state index < -0.39 is 46.9 Å². The lowest BCUT2D eigenvalue weighted by atomic mass is 9.82. The molecule has 0 aromatic rings. The average Bonchev–Trinajstić information content (AvgIpc) is 3.35. The third kappa shape index (κ3) is 3.11. The lowest BCUT2D eigenvalue weighted by molar-refractivity contribution is -0.456. The molecule has 0 bridgehead atoms. The molecule has 8 nitrogen and oxygen atoms in total. The number of ether oxygens (including phenoxy) is 5. The number of likely N-dealkylation sites (tertiary alicyclic amines) is 1. The Balaban J connectivity index is 1.93. The van der Waals surface area contributed by atoms with Crippen molar-refractivity contribution < 1.29 is 28.5 Å². The molecule has 2 heterocycles. The van der Waals surface area contributed by atoms with Gasteiger partial charge in [-0.15, -0.1) is 0 Å². The Kier molecular flexibility index (Phi) is 4.75. The molecule has 2 saturated heterocycles. The number of nitrogens with zero attached hydrogens (tertiary/aromatic N) is 2. The first-order valence-corrected chi connectivity index (χ1v) is 9.31. The van der Waals surface area contributed by atoms with Crippen LogP contribution in [0.4, 0.5) is 4.79 Å². The lowest BCUT2D eigenvalue weighted by Gasteiger charge is -2.57. The van der Waals surface area contributed by atoms with Crippen LogP contribution < -0.4 is 0 Å². The second kappa shape index (κ2) is 6.31. The van der Waals surface area contributed by atoms with Gasteiger partial charge in [0.1, 0.15) is 17.8 Å². The zero-order valence-corrected chi connectivity index (χ0v) is 17.2. The molecule has 1 amide bonds. The fourth-order valence-electron chi connectivity index (χ4n) is 4.11. The predicted octanol–water partition coefficient (Wildman–Crippen LogP) is 2.42. The first-order valence-electron chi connectivity index (χ1n) is 9.31. The Morgan fingerprint density at radius 1 is 1.15 bits per heavy atom. The van der Waals surface area contributed by atoms with E-state index in [-0.39, 0.29) is 6.54 Å². The summed E-state index contributed by atoms with van der Waals surface area (Å²) in [4.78, 5) is 14.5. The minimum absolute atomic E-state index is 0.274. The van der Waals surface area contributed by atoms with Crippen molar-refractivity contribution in [2.75, 3.05) is 20.8 Å². The number of methoxy groups -OCH3 is 2. The van der Waals surface area contributed by atoms with E-state index in [1.807, 2.05) is 20.8 Å². The monoisotopic (exact) mass is 382 g/mol. The summed E-state index contributed by atoms with van der Waals surface area (Å²) in [6.07, 6.45) is -0.00247. The number of rotatable bonds is 2. The van der Waals surface area contributed by atoms with E-state index in [0.29, 0.717) is 0 Å². The fourth-order valence-corrected chi connectivity index (χ4v) is 4.11. The molecular weight excluding hydrogens is 352 g/mol. The Hall–Kier alpha value is -1.40. The molecule has 1 spiro atoms. The van der Waals surface area contributed by atoms with E-state index in [9.17, 15) is 10.1 Å². The van der Waals surface area contributed by atoms with Crippen LogP contribution in [0.5, 0.6) is 0 Å².